The van der Waals surface area contributed by atoms with E-state index in [9.17, 15) is 4.79 Å². The number of nitrogen functional groups attached to an aromatic ring is 1. The fourth-order valence-corrected chi connectivity index (χ4v) is 1.56. The van der Waals surface area contributed by atoms with E-state index in [1.165, 1.54) is 12.8 Å². The average Bonchev–Trinajstić information content (AvgIpc) is 2.57. The van der Waals surface area contributed by atoms with E-state index in [-0.39, 0.29) is 5.97 Å². The molecule has 0 radical (unpaired) electrons. The van der Waals surface area contributed by atoms with Crippen LogP contribution in [0.2, 0.25) is 0 Å². The van der Waals surface area contributed by atoms with Crippen molar-refractivity contribution in [2.75, 3.05) is 12.3 Å². The van der Waals surface area contributed by atoms with E-state index in [4.69, 9.17) is 10.5 Å². The number of unbranched alkanes of at least 4 members (excludes halogenated alkanes) is 3. The first-order chi connectivity index (χ1) is 7.65. The summed E-state index contributed by atoms with van der Waals surface area (Å²) in [4.78, 5) is 11.6. The van der Waals surface area contributed by atoms with Gasteiger partial charge in [0.05, 0.1) is 12.3 Å². The van der Waals surface area contributed by atoms with E-state index in [0.717, 1.165) is 12.8 Å². The molecular weight excluding hydrogens is 204 g/mol. The molecule has 2 N–H and O–H groups in total. The molecule has 1 rings (SSSR count). The molecule has 0 aliphatic rings. The lowest BCUT2D eigenvalue weighted by Gasteiger charge is -2.04. The molecule has 0 saturated carbocycles. The van der Waals surface area contributed by atoms with Crippen molar-refractivity contribution in [1.29, 1.82) is 0 Å². The topological polar surface area (TPSA) is 57.2 Å². The van der Waals surface area contributed by atoms with E-state index in [1.807, 2.05) is 0 Å². The number of rotatable bonds is 6. The van der Waals surface area contributed by atoms with Crippen LogP contribution in [0.25, 0.3) is 0 Å². The number of aromatic nitrogens is 1. The summed E-state index contributed by atoms with van der Waals surface area (Å²) in [6.07, 6.45) is 6.11. The first kappa shape index (κ1) is 12.6. The molecule has 1 aromatic heterocycles. The van der Waals surface area contributed by atoms with Crippen LogP contribution >= 0.6 is 0 Å². The van der Waals surface area contributed by atoms with Crippen LogP contribution in [-0.2, 0) is 11.8 Å². The van der Waals surface area contributed by atoms with Crippen molar-refractivity contribution in [3.05, 3.63) is 18.0 Å². The van der Waals surface area contributed by atoms with Gasteiger partial charge in [0.2, 0.25) is 0 Å². The van der Waals surface area contributed by atoms with Gasteiger partial charge in [-0.05, 0) is 12.5 Å². The molecular formula is C12H20N2O2. The molecule has 4 nitrogen and oxygen atoms in total. The predicted molar refractivity (Wildman–Crippen MR) is 64.2 cm³/mol. The second-order valence-corrected chi connectivity index (χ2v) is 3.97. The van der Waals surface area contributed by atoms with E-state index < -0.39 is 0 Å². The van der Waals surface area contributed by atoms with Crippen LogP contribution in [0.15, 0.2) is 12.3 Å². The number of nitrogens with zero attached hydrogens (tertiary/aromatic N) is 1. The van der Waals surface area contributed by atoms with Gasteiger partial charge in [0.15, 0.2) is 0 Å². The molecule has 0 aliphatic carbocycles. The van der Waals surface area contributed by atoms with Crippen molar-refractivity contribution in [3.63, 3.8) is 0 Å². The summed E-state index contributed by atoms with van der Waals surface area (Å²) >= 11 is 0. The molecule has 0 fully saturated rings. The monoisotopic (exact) mass is 224 g/mol. The van der Waals surface area contributed by atoms with Crippen molar-refractivity contribution < 1.29 is 9.53 Å². The van der Waals surface area contributed by atoms with Crippen molar-refractivity contribution >= 4 is 11.7 Å². The first-order valence-corrected chi connectivity index (χ1v) is 5.74. The fraction of sp³-hybridized carbons (Fsp3) is 0.583. The van der Waals surface area contributed by atoms with Crippen molar-refractivity contribution in [2.45, 2.75) is 32.6 Å². The van der Waals surface area contributed by atoms with Crippen LogP contribution in [0.1, 0.15) is 43.1 Å². The normalized spacial score (nSPS) is 10.4. The SMILES string of the molecule is CCCCCCOC(=O)c1cc(N)cn1C. The van der Waals surface area contributed by atoms with Gasteiger partial charge in [-0.25, -0.2) is 4.79 Å². The van der Waals surface area contributed by atoms with Gasteiger partial charge in [-0.2, -0.15) is 0 Å². The van der Waals surface area contributed by atoms with E-state index in [2.05, 4.69) is 6.92 Å². The van der Waals surface area contributed by atoms with Gasteiger partial charge in [-0.1, -0.05) is 26.2 Å². The first-order valence-electron chi connectivity index (χ1n) is 5.74. The summed E-state index contributed by atoms with van der Waals surface area (Å²) < 4.78 is 6.84. The molecule has 0 aliphatic heterocycles. The Kier molecular flexibility index (Phi) is 4.89. The highest BCUT2D eigenvalue weighted by Gasteiger charge is 2.11. The van der Waals surface area contributed by atoms with Crippen LogP contribution in [0, 0.1) is 0 Å². The number of aryl methyl sites for hydroxylation is 1. The highest BCUT2D eigenvalue weighted by atomic mass is 16.5. The quantitative estimate of drug-likeness (QED) is 0.596. The molecule has 4 heteroatoms. The van der Waals surface area contributed by atoms with Crippen molar-refractivity contribution in [3.8, 4) is 0 Å². The maximum absolute atomic E-state index is 11.6. The highest BCUT2D eigenvalue weighted by Crippen LogP contribution is 2.10. The zero-order valence-corrected chi connectivity index (χ0v) is 10.0. The number of ether oxygens (including phenoxy) is 1. The fourth-order valence-electron chi connectivity index (χ4n) is 1.56. The summed E-state index contributed by atoms with van der Waals surface area (Å²) in [5, 5.41) is 0. The number of hydrogen-bond donors (Lipinski definition) is 1. The maximum Gasteiger partial charge on any atom is 0.355 e. The van der Waals surface area contributed by atoms with E-state index in [1.54, 1.807) is 23.9 Å². The third-order valence-corrected chi connectivity index (χ3v) is 2.47. The Hall–Kier alpha value is -1.45. The third kappa shape index (κ3) is 3.61. The smallest absolute Gasteiger partial charge is 0.355 e. The predicted octanol–water partition coefficient (Wildman–Crippen LogP) is 2.34. The minimum atomic E-state index is -0.296. The number of carbonyl (C=O) groups excluding carboxylic acids is 1. The Morgan fingerprint density at radius 2 is 2.19 bits per heavy atom. The lowest BCUT2D eigenvalue weighted by molar-refractivity contribution is 0.0487. The molecule has 0 aromatic carbocycles. The number of esters is 1. The number of anilines is 1. The molecule has 90 valence electrons. The summed E-state index contributed by atoms with van der Waals surface area (Å²) in [6, 6.07) is 1.63. The second-order valence-electron chi connectivity index (χ2n) is 3.97. The number of hydrogen-bond acceptors (Lipinski definition) is 3. The molecule has 0 saturated heterocycles. The lowest BCUT2D eigenvalue weighted by atomic mass is 10.2. The minimum Gasteiger partial charge on any atom is -0.461 e. The van der Waals surface area contributed by atoms with Crippen LogP contribution in [-0.4, -0.2) is 17.1 Å². The zero-order valence-electron chi connectivity index (χ0n) is 10.0. The third-order valence-electron chi connectivity index (χ3n) is 2.47. The Balaban J connectivity index is 2.33. The van der Waals surface area contributed by atoms with Gasteiger partial charge in [0, 0.05) is 13.2 Å². The summed E-state index contributed by atoms with van der Waals surface area (Å²) in [5.74, 6) is -0.296. The van der Waals surface area contributed by atoms with Crippen LogP contribution in [0.4, 0.5) is 5.69 Å². The number of nitrogens with two attached hydrogens (primary N) is 1. The van der Waals surface area contributed by atoms with E-state index >= 15 is 0 Å². The Morgan fingerprint density at radius 3 is 2.75 bits per heavy atom. The van der Waals surface area contributed by atoms with Gasteiger partial charge < -0.3 is 15.0 Å². The van der Waals surface area contributed by atoms with E-state index in [0.29, 0.717) is 18.0 Å². The Bertz CT molecular complexity index is 345. The van der Waals surface area contributed by atoms with Gasteiger partial charge in [-0.15, -0.1) is 0 Å². The number of carbonyl (C=O) groups is 1. The molecule has 0 spiro atoms. The molecule has 0 unspecified atom stereocenters. The average molecular weight is 224 g/mol. The second kappa shape index (κ2) is 6.20. The molecule has 0 amide bonds. The molecule has 0 atom stereocenters. The molecule has 0 bridgehead atoms. The summed E-state index contributed by atoms with van der Waals surface area (Å²) in [6.45, 7) is 2.64. The standard InChI is InChI=1S/C12H20N2O2/c1-3-4-5-6-7-16-12(15)11-8-10(13)9-14(11)2/h8-9H,3-7,13H2,1-2H3. The Labute approximate surface area is 96.4 Å². The van der Waals surface area contributed by atoms with Gasteiger partial charge in [-0.3, -0.25) is 0 Å². The molecule has 1 heterocycles. The zero-order chi connectivity index (χ0) is 12.0. The van der Waals surface area contributed by atoms with Gasteiger partial charge >= 0.3 is 5.97 Å². The van der Waals surface area contributed by atoms with Gasteiger partial charge in [0.25, 0.3) is 0 Å². The maximum atomic E-state index is 11.6. The lowest BCUT2D eigenvalue weighted by Crippen LogP contribution is -2.10. The van der Waals surface area contributed by atoms with Crippen molar-refractivity contribution in [1.82, 2.24) is 4.57 Å². The molecule has 1 aromatic rings. The Morgan fingerprint density at radius 1 is 1.44 bits per heavy atom. The van der Waals surface area contributed by atoms with Crippen LogP contribution in [0.3, 0.4) is 0 Å². The summed E-state index contributed by atoms with van der Waals surface area (Å²) in [7, 11) is 1.78. The largest absolute Gasteiger partial charge is 0.461 e. The van der Waals surface area contributed by atoms with Crippen molar-refractivity contribution in [2.24, 2.45) is 7.05 Å². The van der Waals surface area contributed by atoms with Gasteiger partial charge in [0.1, 0.15) is 5.69 Å². The molecule has 16 heavy (non-hydrogen) atoms. The highest BCUT2D eigenvalue weighted by molar-refractivity contribution is 5.89. The van der Waals surface area contributed by atoms with Crippen LogP contribution in [0.5, 0.6) is 0 Å². The van der Waals surface area contributed by atoms with Crippen LogP contribution < -0.4 is 5.73 Å². The minimum absolute atomic E-state index is 0.296. The summed E-state index contributed by atoms with van der Waals surface area (Å²) in [5.41, 5.74) is 6.67.